The lowest BCUT2D eigenvalue weighted by Crippen LogP contribution is -2.44. The van der Waals surface area contributed by atoms with Crippen LogP contribution in [0.25, 0.3) is 0 Å². The minimum absolute atomic E-state index is 0.570. The minimum Gasteiger partial charge on any atom is -0.356 e. The number of hydrogen-bond acceptors (Lipinski definition) is 2. The van der Waals surface area contributed by atoms with Crippen LogP contribution in [0.1, 0.15) is 29.4 Å². The highest BCUT2D eigenvalue weighted by Crippen LogP contribution is 2.18. The molecule has 2 heterocycles. The van der Waals surface area contributed by atoms with Gasteiger partial charge in [-0.25, -0.2) is 9.98 Å². The molecule has 0 radical (unpaired) electrons. The zero-order valence-corrected chi connectivity index (χ0v) is 16.4. The van der Waals surface area contributed by atoms with Crippen LogP contribution < -0.4 is 5.32 Å². The number of imidazole rings is 1. The molecule has 0 fully saturated rings. The maximum absolute atomic E-state index is 4.90. The van der Waals surface area contributed by atoms with Gasteiger partial charge in [0.05, 0.1) is 0 Å². The summed E-state index contributed by atoms with van der Waals surface area (Å²) in [5.74, 6) is 1.95. The minimum atomic E-state index is 0.570. The van der Waals surface area contributed by atoms with E-state index < -0.39 is 0 Å². The molecule has 0 amide bonds. The van der Waals surface area contributed by atoms with Gasteiger partial charge in [0.25, 0.3) is 0 Å². The fraction of sp³-hybridized carbons (Fsp3) is 0.304. The number of fused-ring (bicyclic) bond motifs is 1. The fourth-order valence-electron chi connectivity index (χ4n) is 3.66. The van der Waals surface area contributed by atoms with Crippen LogP contribution in [0.2, 0.25) is 0 Å². The van der Waals surface area contributed by atoms with Crippen LogP contribution in [0.4, 0.5) is 0 Å². The van der Waals surface area contributed by atoms with Gasteiger partial charge in [-0.15, -0.1) is 0 Å². The molecule has 5 heteroatoms. The predicted octanol–water partition coefficient (Wildman–Crippen LogP) is 3.46. The Morgan fingerprint density at radius 3 is 2.68 bits per heavy atom. The first-order valence-electron chi connectivity index (χ1n) is 9.97. The Labute approximate surface area is 166 Å². The van der Waals surface area contributed by atoms with Crippen LogP contribution in [0.3, 0.4) is 0 Å². The third-order valence-corrected chi connectivity index (χ3v) is 5.13. The van der Waals surface area contributed by atoms with Gasteiger partial charge in [0, 0.05) is 38.6 Å². The van der Waals surface area contributed by atoms with Crippen LogP contribution in [-0.4, -0.2) is 33.5 Å². The first kappa shape index (κ1) is 18.3. The van der Waals surface area contributed by atoms with E-state index >= 15 is 0 Å². The number of guanidine groups is 1. The first-order valence-corrected chi connectivity index (χ1v) is 9.97. The Morgan fingerprint density at radius 1 is 1.07 bits per heavy atom. The van der Waals surface area contributed by atoms with Crippen LogP contribution in [0.5, 0.6) is 0 Å². The molecule has 1 aliphatic heterocycles. The van der Waals surface area contributed by atoms with Crippen LogP contribution in [0, 0.1) is 0 Å². The van der Waals surface area contributed by atoms with Gasteiger partial charge in [0.2, 0.25) is 0 Å². The summed E-state index contributed by atoms with van der Waals surface area (Å²) in [6, 6.07) is 19.2. The summed E-state index contributed by atoms with van der Waals surface area (Å²) in [5.41, 5.74) is 4.11. The Bertz CT molecular complexity index is 929. The molecular formula is C23H27N5. The van der Waals surface area contributed by atoms with Gasteiger partial charge in [0.15, 0.2) is 5.96 Å². The molecule has 1 N–H and O–H groups in total. The summed E-state index contributed by atoms with van der Waals surface area (Å²) in [6.07, 6.45) is 4.95. The topological polar surface area (TPSA) is 45.5 Å². The molecule has 0 atom stereocenters. The third-order valence-electron chi connectivity index (χ3n) is 5.13. The van der Waals surface area contributed by atoms with Gasteiger partial charge >= 0.3 is 0 Å². The van der Waals surface area contributed by atoms with Crippen LogP contribution in [0.15, 0.2) is 72.0 Å². The second-order valence-electron chi connectivity index (χ2n) is 7.07. The summed E-state index contributed by atoms with van der Waals surface area (Å²) in [5, 5.41) is 3.45. The number of nitrogens with zero attached hydrogens (tertiary/aromatic N) is 4. The zero-order valence-electron chi connectivity index (χ0n) is 16.4. The van der Waals surface area contributed by atoms with E-state index in [9.17, 15) is 0 Å². The van der Waals surface area contributed by atoms with Gasteiger partial charge in [-0.1, -0.05) is 54.6 Å². The molecule has 0 aliphatic carbocycles. The molecule has 0 saturated heterocycles. The number of aliphatic imine (C=N–C) groups is 1. The highest BCUT2D eigenvalue weighted by molar-refractivity contribution is 5.80. The molecular weight excluding hydrogens is 346 g/mol. The van der Waals surface area contributed by atoms with Crippen molar-refractivity contribution in [3.63, 3.8) is 0 Å². The average molecular weight is 374 g/mol. The van der Waals surface area contributed by atoms with E-state index in [0.717, 1.165) is 44.4 Å². The summed E-state index contributed by atoms with van der Waals surface area (Å²) in [7, 11) is 0. The molecule has 0 saturated carbocycles. The molecule has 28 heavy (non-hydrogen) atoms. The summed E-state index contributed by atoms with van der Waals surface area (Å²) in [6.45, 7) is 6.25. The summed E-state index contributed by atoms with van der Waals surface area (Å²) >= 11 is 0. The second-order valence-corrected chi connectivity index (χ2v) is 7.07. The summed E-state index contributed by atoms with van der Waals surface area (Å²) < 4.78 is 2.17. The van der Waals surface area contributed by atoms with Gasteiger partial charge in [-0.2, -0.15) is 0 Å². The van der Waals surface area contributed by atoms with Crippen molar-refractivity contribution in [1.29, 1.82) is 0 Å². The molecule has 2 aromatic carbocycles. The molecule has 0 spiro atoms. The number of rotatable bonds is 5. The van der Waals surface area contributed by atoms with Crippen LogP contribution in [-0.2, 0) is 26.1 Å². The lowest BCUT2D eigenvalue weighted by Gasteiger charge is -2.31. The third kappa shape index (κ3) is 4.25. The molecule has 3 aromatic rings. The van der Waals surface area contributed by atoms with Gasteiger partial charge in [-0.05, 0) is 30.0 Å². The Balaban J connectivity index is 1.48. The quantitative estimate of drug-likeness (QED) is 0.550. The summed E-state index contributed by atoms with van der Waals surface area (Å²) in [4.78, 5) is 11.8. The molecule has 0 unspecified atom stereocenters. The molecule has 0 bridgehead atoms. The fourth-order valence-corrected chi connectivity index (χ4v) is 3.66. The molecule has 4 rings (SSSR count). The van der Waals surface area contributed by atoms with Crippen molar-refractivity contribution in [2.24, 2.45) is 4.99 Å². The normalized spacial score (nSPS) is 14.0. The van der Waals surface area contributed by atoms with Gasteiger partial charge in [-0.3, -0.25) is 0 Å². The van der Waals surface area contributed by atoms with Crippen LogP contribution >= 0.6 is 0 Å². The van der Waals surface area contributed by atoms with E-state index in [1.807, 2.05) is 18.5 Å². The van der Waals surface area contributed by atoms with E-state index in [4.69, 9.17) is 4.99 Å². The Hall–Kier alpha value is -3.08. The van der Waals surface area contributed by atoms with Crippen molar-refractivity contribution in [2.45, 2.75) is 33.0 Å². The first-order chi connectivity index (χ1) is 13.8. The van der Waals surface area contributed by atoms with Crippen molar-refractivity contribution in [3.8, 4) is 0 Å². The monoisotopic (exact) mass is 373 g/mol. The number of benzene rings is 2. The number of aromatic nitrogens is 2. The Morgan fingerprint density at radius 2 is 1.86 bits per heavy atom. The van der Waals surface area contributed by atoms with E-state index in [2.05, 4.69) is 75.2 Å². The van der Waals surface area contributed by atoms with Crippen molar-refractivity contribution in [2.75, 3.05) is 13.1 Å². The second kappa shape index (κ2) is 8.74. The predicted molar refractivity (Wildman–Crippen MR) is 113 cm³/mol. The van der Waals surface area contributed by atoms with Crippen molar-refractivity contribution >= 4 is 5.96 Å². The van der Waals surface area contributed by atoms with Crippen molar-refractivity contribution in [3.05, 3.63) is 89.5 Å². The highest BCUT2D eigenvalue weighted by atomic mass is 15.3. The smallest absolute Gasteiger partial charge is 0.194 e. The maximum atomic E-state index is 4.90. The van der Waals surface area contributed by atoms with Gasteiger partial charge in [0.1, 0.15) is 12.4 Å². The molecule has 1 aromatic heterocycles. The SMILES string of the molecule is CCNC(=NCc1nccn1Cc1ccccc1)N1CCc2ccccc2C1. The lowest BCUT2D eigenvalue weighted by molar-refractivity contribution is 0.378. The number of nitrogens with one attached hydrogen (secondary N) is 1. The van der Waals surface area contributed by atoms with Crippen molar-refractivity contribution < 1.29 is 0 Å². The highest BCUT2D eigenvalue weighted by Gasteiger charge is 2.18. The molecule has 144 valence electrons. The van der Waals surface area contributed by atoms with Crippen molar-refractivity contribution in [1.82, 2.24) is 19.8 Å². The Kier molecular flexibility index (Phi) is 5.71. The number of hydrogen-bond donors (Lipinski definition) is 1. The largest absolute Gasteiger partial charge is 0.356 e. The lowest BCUT2D eigenvalue weighted by atomic mass is 10.0. The zero-order chi connectivity index (χ0) is 19.2. The molecule has 5 nitrogen and oxygen atoms in total. The standard InChI is InChI=1S/C23H27N5/c1-2-24-23(28-14-12-20-10-6-7-11-21(20)18-28)26-16-22-25-13-15-27(22)17-19-8-4-3-5-9-19/h3-11,13,15H,2,12,14,16-18H2,1H3,(H,24,26). The van der Waals surface area contributed by atoms with E-state index in [1.165, 1.54) is 16.7 Å². The van der Waals surface area contributed by atoms with E-state index in [0.29, 0.717) is 6.54 Å². The maximum Gasteiger partial charge on any atom is 0.194 e. The van der Waals surface area contributed by atoms with E-state index in [-0.39, 0.29) is 0 Å². The van der Waals surface area contributed by atoms with Gasteiger partial charge < -0.3 is 14.8 Å². The molecule has 1 aliphatic rings. The van der Waals surface area contributed by atoms with E-state index in [1.54, 1.807) is 0 Å². The average Bonchev–Trinajstić information content (AvgIpc) is 3.18.